The summed E-state index contributed by atoms with van der Waals surface area (Å²) in [5, 5.41) is 10.5. The summed E-state index contributed by atoms with van der Waals surface area (Å²) in [6.45, 7) is 23.0. The third-order valence-electron chi connectivity index (χ3n) is 8.60. The molecule has 7 atom stereocenters. The fraction of sp³-hybridized carbons (Fsp3) is 0.833. The van der Waals surface area contributed by atoms with E-state index in [1.54, 1.807) is 29.7 Å². The second-order valence-electron chi connectivity index (χ2n) is 13.8. The predicted molar refractivity (Wildman–Crippen MR) is 153 cm³/mol. The number of aliphatic hydroxyl groups is 1. The number of likely N-dealkylation sites (tertiary alicyclic amines) is 1. The molecule has 0 aromatic heterocycles. The summed E-state index contributed by atoms with van der Waals surface area (Å²) in [7, 11) is 0. The summed E-state index contributed by atoms with van der Waals surface area (Å²) in [6, 6.07) is -1.26. The van der Waals surface area contributed by atoms with Crippen molar-refractivity contribution < 1.29 is 24.2 Å². The summed E-state index contributed by atoms with van der Waals surface area (Å²) >= 11 is 1.65. The number of ether oxygens (including phenoxy) is 1. The van der Waals surface area contributed by atoms with Gasteiger partial charge in [-0.05, 0) is 57.3 Å². The molecule has 1 N–H and O–H groups in total. The maximum Gasteiger partial charge on any atom is 0.310 e. The van der Waals surface area contributed by atoms with Gasteiger partial charge in [0.15, 0.2) is 0 Å². The molecule has 38 heavy (non-hydrogen) atoms. The monoisotopic (exact) mass is 550 g/mol. The molecule has 0 aliphatic carbocycles. The predicted octanol–water partition coefficient (Wildman–Crippen LogP) is 4.52. The number of nitrogens with zero attached hydrogens (tertiary/aromatic N) is 2. The lowest BCUT2D eigenvalue weighted by Crippen LogP contribution is -2.62. The van der Waals surface area contributed by atoms with Crippen LogP contribution in [0.4, 0.5) is 0 Å². The zero-order valence-electron chi connectivity index (χ0n) is 25.0. The van der Waals surface area contributed by atoms with Gasteiger partial charge in [0, 0.05) is 17.3 Å². The van der Waals surface area contributed by atoms with Crippen LogP contribution in [0.2, 0.25) is 0 Å². The van der Waals surface area contributed by atoms with Gasteiger partial charge < -0.3 is 19.6 Å². The van der Waals surface area contributed by atoms with E-state index in [4.69, 9.17) is 4.74 Å². The van der Waals surface area contributed by atoms with E-state index >= 15 is 0 Å². The van der Waals surface area contributed by atoms with Crippen molar-refractivity contribution in [1.82, 2.24) is 9.80 Å². The molecule has 3 fully saturated rings. The smallest absolute Gasteiger partial charge is 0.310 e. The first-order valence-electron chi connectivity index (χ1n) is 14.3. The highest BCUT2D eigenvalue weighted by atomic mass is 32.2. The molecule has 0 radical (unpaired) electrons. The van der Waals surface area contributed by atoms with Crippen molar-refractivity contribution >= 4 is 29.5 Å². The van der Waals surface area contributed by atoms with E-state index in [1.165, 1.54) is 0 Å². The van der Waals surface area contributed by atoms with Crippen molar-refractivity contribution in [1.29, 1.82) is 0 Å². The number of carbonyl (C=O) groups is 3. The van der Waals surface area contributed by atoms with Gasteiger partial charge in [0.05, 0.1) is 35.8 Å². The number of carbonyl (C=O) groups excluding carboxylic acids is 3. The first-order chi connectivity index (χ1) is 17.6. The number of rotatable bonds is 11. The van der Waals surface area contributed by atoms with Crippen LogP contribution in [0.25, 0.3) is 0 Å². The maximum atomic E-state index is 14.9. The minimum absolute atomic E-state index is 0.0245. The van der Waals surface area contributed by atoms with Gasteiger partial charge in [-0.1, -0.05) is 47.6 Å². The Hall–Kier alpha value is -1.54. The first kappa shape index (κ1) is 31.0. The molecule has 3 heterocycles. The summed E-state index contributed by atoms with van der Waals surface area (Å²) in [5.74, 6) is -1.56. The molecule has 7 nitrogen and oxygen atoms in total. The van der Waals surface area contributed by atoms with Gasteiger partial charge >= 0.3 is 5.97 Å². The Labute approximate surface area is 234 Å². The Morgan fingerprint density at radius 1 is 1.29 bits per heavy atom. The lowest BCUT2D eigenvalue weighted by Gasteiger charge is -2.47. The third-order valence-corrected chi connectivity index (χ3v) is 10.7. The van der Waals surface area contributed by atoms with Gasteiger partial charge in [-0.15, -0.1) is 18.3 Å². The van der Waals surface area contributed by atoms with E-state index in [2.05, 4.69) is 62.0 Å². The van der Waals surface area contributed by atoms with Crippen molar-refractivity contribution in [3.8, 4) is 0 Å². The van der Waals surface area contributed by atoms with E-state index in [0.29, 0.717) is 13.0 Å². The highest BCUT2D eigenvalue weighted by molar-refractivity contribution is 8.02. The Kier molecular flexibility index (Phi) is 9.09. The van der Waals surface area contributed by atoms with Gasteiger partial charge in [0.25, 0.3) is 0 Å². The number of amides is 2. The van der Waals surface area contributed by atoms with Gasteiger partial charge in [0.1, 0.15) is 6.04 Å². The molecule has 0 saturated carbocycles. The molecule has 3 aliphatic heterocycles. The van der Waals surface area contributed by atoms with Crippen LogP contribution in [0.1, 0.15) is 81.6 Å². The SMILES string of the molecule is C=CCN(C(=O)C1N([C@@H](CO)CC(C)C)C(=O)[C@@H]2[C@@H](C(=O)OCC)[C@H]3CC(C)C12S3)C(C)(C)CC(C)(C)C. The minimum atomic E-state index is -0.764. The summed E-state index contributed by atoms with van der Waals surface area (Å²) in [6.07, 6.45) is 3.85. The number of esters is 1. The Morgan fingerprint density at radius 3 is 2.42 bits per heavy atom. The zero-order chi connectivity index (χ0) is 28.8. The van der Waals surface area contributed by atoms with Crippen LogP contribution in [-0.4, -0.2) is 80.1 Å². The van der Waals surface area contributed by atoms with Crippen LogP contribution in [0.15, 0.2) is 12.7 Å². The topological polar surface area (TPSA) is 87.2 Å². The minimum Gasteiger partial charge on any atom is -0.466 e. The van der Waals surface area contributed by atoms with Crippen molar-refractivity contribution in [3.05, 3.63) is 12.7 Å². The van der Waals surface area contributed by atoms with Crippen molar-refractivity contribution in [3.63, 3.8) is 0 Å². The Balaban J connectivity index is 2.19. The lowest BCUT2D eigenvalue weighted by molar-refractivity contribution is -0.154. The molecule has 2 bridgehead atoms. The van der Waals surface area contributed by atoms with Crippen LogP contribution in [0, 0.1) is 29.1 Å². The molecule has 2 amide bonds. The second kappa shape index (κ2) is 11.1. The fourth-order valence-electron chi connectivity index (χ4n) is 7.76. The van der Waals surface area contributed by atoms with Gasteiger partial charge in [0.2, 0.25) is 11.8 Å². The third kappa shape index (κ3) is 5.28. The molecule has 8 heteroatoms. The average Bonchev–Trinajstić information content (AvgIpc) is 3.37. The van der Waals surface area contributed by atoms with E-state index in [9.17, 15) is 19.5 Å². The van der Waals surface area contributed by atoms with Crippen LogP contribution in [0.3, 0.4) is 0 Å². The molecule has 0 aromatic carbocycles. The summed E-state index contributed by atoms with van der Waals surface area (Å²) < 4.78 is 4.73. The van der Waals surface area contributed by atoms with Crippen LogP contribution < -0.4 is 0 Å². The summed E-state index contributed by atoms with van der Waals surface area (Å²) in [5.41, 5.74) is -0.520. The summed E-state index contributed by atoms with van der Waals surface area (Å²) in [4.78, 5) is 46.1. The van der Waals surface area contributed by atoms with E-state index in [-0.39, 0.29) is 53.5 Å². The standard InChI is InChI=1S/C30H50N2O5S/c1-11-13-31(29(9,10)17-28(6,7)8)26(35)24-30-19(5)15-21(38-30)22(27(36)37-12-2)23(30)25(34)32(24)20(16-33)14-18(3)4/h11,18-24,33H,1,12-17H2,2-10H3/t19?,20-,21-,22+,23+,24?,30?/m1/s1. The van der Waals surface area contributed by atoms with Crippen LogP contribution in [-0.2, 0) is 19.1 Å². The normalized spacial score (nSPS) is 31.5. The Morgan fingerprint density at radius 2 is 1.92 bits per heavy atom. The van der Waals surface area contributed by atoms with E-state index < -0.39 is 34.2 Å². The molecule has 216 valence electrons. The fourth-order valence-corrected chi connectivity index (χ4v) is 10.2. The van der Waals surface area contributed by atoms with Crippen LogP contribution >= 0.6 is 11.8 Å². The highest BCUT2D eigenvalue weighted by Gasteiger charge is 2.77. The highest BCUT2D eigenvalue weighted by Crippen LogP contribution is 2.69. The number of hydrogen-bond donors (Lipinski definition) is 1. The largest absolute Gasteiger partial charge is 0.466 e. The van der Waals surface area contributed by atoms with Gasteiger partial charge in [-0.3, -0.25) is 14.4 Å². The second-order valence-corrected chi connectivity index (χ2v) is 15.4. The molecule has 0 aromatic rings. The molecule has 3 unspecified atom stereocenters. The lowest BCUT2D eigenvalue weighted by atomic mass is 9.66. The molecule has 1 spiro atoms. The van der Waals surface area contributed by atoms with Crippen molar-refractivity contribution in [2.24, 2.45) is 29.1 Å². The average molecular weight is 551 g/mol. The number of fused-ring (bicyclic) bond motifs is 1. The molecule has 3 saturated heterocycles. The van der Waals surface area contributed by atoms with Gasteiger partial charge in [-0.25, -0.2) is 0 Å². The number of aliphatic hydroxyl groups excluding tert-OH is 1. The zero-order valence-corrected chi connectivity index (χ0v) is 25.8. The van der Waals surface area contributed by atoms with E-state index in [0.717, 1.165) is 12.8 Å². The first-order valence-corrected chi connectivity index (χ1v) is 15.1. The molecular weight excluding hydrogens is 500 g/mol. The number of thioether (sulfide) groups is 1. The van der Waals surface area contributed by atoms with Crippen molar-refractivity contribution in [2.75, 3.05) is 19.8 Å². The molecular formula is C30H50N2O5S. The van der Waals surface area contributed by atoms with E-state index in [1.807, 2.05) is 4.90 Å². The molecule has 3 aliphatic rings. The quantitative estimate of drug-likeness (QED) is 0.301. The van der Waals surface area contributed by atoms with Crippen molar-refractivity contribution in [2.45, 2.75) is 109 Å². The Bertz CT molecular complexity index is 928. The maximum absolute atomic E-state index is 14.9. The molecule has 3 rings (SSSR count). The number of hydrogen-bond acceptors (Lipinski definition) is 6. The van der Waals surface area contributed by atoms with Crippen LogP contribution in [0.5, 0.6) is 0 Å². The van der Waals surface area contributed by atoms with Gasteiger partial charge in [-0.2, -0.15) is 0 Å².